The molecule has 136 valence electrons. The number of halogens is 3. The summed E-state index contributed by atoms with van der Waals surface area (Å²) in [5.41, 5.74) is 7.34. The van der Waals surface area contributed by atoms with Crippen molar-refractivity contribution in [2.45, 2.75) is 6.92 Å². The van der Waals surface area contributed by atoms with Gasteiger partial charge in [-0.2, -0.15) is 14.4 Å². The molecule has 3 N–H and O–H groups in total. The van der Waals surface area contributed by atoms with Gasteiger partial charge in [-0.1, -0.05) is 11.6 Å². The minimum absolute atomic E-state index is 0.0943. The third-order valence-electron chi connectivity index (χ3n) is 3.96. The summed E-state index contributed by atoms with van der Waals surface area (Å²) in [6, 6.07) is 10.9. The van der Waals surface area contributed by atoms with Gasteiger partial charge < -0.3 is 11.1 Å². The lowest BCUT2D eigenvalue weighted by atomic mass is 10.3. The van der Waals surface area contributed by atoms with Gasteiger partial charge in [-0.3, -0.25) is 4.57 Å². The van der Waals surface area contributed by atoms with E-state index in [0.29, 0.717) is 27.6 Å². The van der Waals surface area contributed by atoms with Crippen molar-refractivity contribution >= 4 is 40.0 Å². The molecule has 0 saturated heterocycles. The van der Waals surface area contributed by atoms with Gasteiger partial charge in [0.25, 0.3) is 0 Å². The van der Waals surface area contributed by atoms with E-state index in [2.05, 4.69) is 20.3 Å². The van der Waals surface area contributed by atoms with Crippen LogP contribution in [0.3, 0.4) is 0 Å². The molecule has 2 aromatic carbocycles. The molecule has 9 heteroatoms. The summed E-state index contributed by atoms with van der Waals surface area (Å²) in [5, 5.41) is 3.41. The summed E-state index contributed by atoms with van der Waals surface area (Å²) in [6.07, 6.45) is 0. The monoisotopic (exact) mass is 386 g/mol. The highest BCUT2D eigenvalue weighted by Gasteiger charge is 2.17. The minimum atomic E-state index is -0.776. The summed E-state index contributed by atoms with van der Waals surface area (Å²) >= 11 is 5.86. The van der Waals surface area contributed by atoms with Crippen molar-refractivity contribution in [3.8, 4) is 5.95 Å². The molecule has 0 atom stereocenters. The van der Waals surface area contributed by atoms with E-state index in [4.69, 9.17) is 17.3 Å². The standard InChI is InChI=1S/C18H13ClF2N6/c1-9-23-13-8-11(20)4-7-14(13)27(9)18-25-16(22)15(21)17(26-18)24-12-5-2-10(19)3-6-12/h2-8H,1H3,(H3,22,24,25,26). The summed E-state index contributed by atoms with van der Waals surface area (Å²) in [6.45, 7) is 1.72. The first-order valence-electron chi connectivity index (χ1n) is 7.93. The number of nitrogens with one attached hydrogen (secondary N) is 1. The number of nitrogen functional groups attached to an aromatic ring is 1. The van der Waals surface area contributed by atoms with E-state index in [9.17, 15) is 8.78 Å². The largest absolute Gasteiger partial charge is 0.381 e. The number of aromatic nitrogens is 4. The number of hydrogen-bond donors (Lipinski definition) is 2. The molecule has 0 aliphatic carbocycles. The first kappa shape index (κ1) is 17.2. The molecular weight excluding hydrogens is 374 g/mol. The van der Waals surface area contributed by atoms with Crippen molar-refractivity contribution in [1.29, 1.82) is 0 Å². The van der Waals surface area contributed by atoms with Crippen LogP contribution in [0.4, 0.5) is 26.1 Å². The van der Waals surface area contributed by atoms with Gasteiger partial charge in [0.15, 0.2) is 11.6 Å². The first-order valence-corrected chi connectivity index (χ1v) is 8.31. The van der Waals surface area contributed by atoms with Gasteiger partial charge in [0.05, 0.1) is 11.0 Å². The lowest BCUT2D eigenvalue weighted by Crippen LogP contribution is -2.10. The van der Waals surface area contributed by atoms with Crippen LogP contribution in [-0.2, 0) is 0 Å². The molecular formula is C18H13ClF2N6. The van der Waals surface area contributed by atoms with Crippen LogP contribution in [-0.4, -0.2) is 19.5 Å². The van der Waals surface area contributed by atoms with E-state index in [1.165, 1.54) is 12.1 Å². The third-order valence-corrected chi connectivity index (χ3v) is 4.21. The number of nitrogens with zero attached hydrogens (tertiary/aromatic N) is 4. The summed E-state index contributed by atoms with van der Waals surface area (Å²) in [7, 11) is 0. The van der Waals surface area contributed by atoms with E-state index < -0.39 is 11.6 Å². The maximum absolute atomic E-state index is 14.4. The van der Waals surface area contributed by atoms with E-state index in [0.717, 1.165) is 0 Å². The normalized spacial score (nSPS) is 11.1. The van der Waals surface area contributed by atoms with Crippen molar-refractivity contribution < 1.29 is 8.78 Å². The predicted molar refractivity (Wildman–Crippen MR) is 100 cm³/mol. The summed E-state index contributed by atoms with van der Waals surface area (Å²) in [4.78, 5) is 12.6. The molecule has 0 amide bonds. The molecule has 4 aromatic rings. The number of hydrogen-bond acceptors (Lipinski definition) is 5. The molecule has 27 heavy (non-hydrogen) atoms. The SMILES string of the molecule is Cc1nc2cc(F)ccc2n1-c1nc(N)c(F)c(Nc2ccc(Cl)cc2)n1. The molecule has 0 fully saturated rings. The van der Waals surface area contributed by atoms with Gasteiger partial charge >= 0.3 is 0 Å². The van der Waals surface area contributed by atoms with Crippen LogP contribution in [0.25, 0.3) is 17.0 Å². The Morgan fingerprint density at radius 1 is 1.04 bits per heavy atom. The maximum Gasteiger partial charge on any atom is 0.239 e. The molecule has 0 bridgehead atoms. The van der Waals surface area contributed by atoms with Crippen LogP contribution in [0.2, 0.25) is 5.02 Å². The summed E-state index contributed by atoms with van der Waals surface area (Å²) < 4.78 is 29.5. The van der Waals surface area contributed by atoms with E-state index in [1.54, 1.807) is 41.8 Å². The molecule has 0 unspecified atom stereocenters. The van der Waals surface area contributed by atoms with E-state index >= 15 is 0 Å². The lowest BCUT2D eigenvalue weighted by Gasteiger charge is -2.11. The molecule has 0 spiro atoms. The molecule has 6 nitrogen and oxygen atoms in total. The highest BCUT2D eigenvalue weighted by atomic mass is 35.5. The van der Waals surface area contributed by atoms with Crippen molar-refractivity contribution in [3.05, 3.63) is 64.9 Å². The number of nitrogens with two attached hydrogens (primary N) is 1. The Kier molecular flexibility index (Phi) is 4.12. The number of aryl methyl sites for hydroxylation is 1. The second kappa shape index (κ2) is 6.48. The predicted octanol–water partition coefficient (Wildman–Crippen LogP) is 4.38. The fourth-order valence-electron chi connectivity index (χ4n) is 2.73. The fraction of sp³-hybridized carbons (Fsp3) is 0.0556. The molecule has 0 saturated carbocycles. The van der Waals surface area contributed by atoms with Crippen LogP contribution in [0.5, 0.6) is 0 Å². The van der Waals surface area contributed by atoms with Gasteiger partial charge in [-0.05, 0) is 43.3 Å². The van der Waals surface area contributed by atoms with Crippen LogP contribution >= 0.6 is 11.6 Å². The Hall–Kier alpha value is -3.26. The lowest BCUT2D eigenvalue weighted by molar-refractivity contribution is 0.622. The maximum atomic E-state index is 14.4. The average Bonchev–Trinajstić information content (AvgIpc) is 2.95. The van der Waals surface area contributed by atoms with Crippen molar-refractivity contribution in [3.63, 3.8) is 0 Å². The highest BCUT2D eigenvalue weighted by Crippen LogP contribution is 2.26. The first-order chi connectivity index (χ1) is 12.9. The summed E-state index contributed by atoms with van der Waals surface area (Å²) in [5.74, 6) is -0.961. The molecule has 4 rings (SSSR count). The van der Waals surface area contributed by atoms with Gasteiger partial charge in [-0.25, -0.2) is 9.37 Å². The van der Waals surface area contributed by atoms with Crippen LogP contribution in [0.15, 0.2) is 42.5 Å². The molecule has 2 heterocycles. The topological polar surface area (TPSA) is 81.7 Å². The zero-order valence-corrected chi connectivity index (χ0v) is 14.8. The molecule has 2 aromatic heterocycles. The third kappa shape index (κ3) is 3.15. The Morgan fingerprint density at radius 3 is 2.52 bits per heavy atom. The second-order valence-electron chi connectivity index (χ2n) is 5.83. The number of fused-ring (bicyclic) bond motifs is 1. The van der Waals surface area contributed by atoms with Gasteiger partial charge in [0.2, 0.25) is 11.8 Å². The molecule has 0 aliphatic rings. The zero-order chi connectivity index (χ0) is 19.1. The minimum Gasteiger partial charge on any atom is -0.381 e. The van der Waals surface area contributed by atoms with Crippen molar-refractivity contribution in [2.75, 3.05) is 11.1 Å². The van der Waals surface area contributed by atoms with E-state index in [1.807, 2.05) is 0 Å². The van der Waals surface area contributed by atoms with Crippen molar-refractivity contribution in [1.82, 2.24) is 19.5 Å². The van der Waals surface area contributed by atoms with Crippen LogP contribution in [0.1, 0.15) is 5.82 Å². The Bertz CT molecular complexity index is 1160. The zero-order valence-electron chi connectivity index (χ0n) is 14.0. The Balaban J connectivity index is 1.84. The van der Waals surface area contributed by atoms with Crippen molar-refractivity contribution in [2.24, 2.45) is 0 Å². The van der Waals surface area contributed by atoms with Crippen LogP contribution < -0.4 is 11.1 Å². The van der Waals surface area contributed by atoms with Crippen LogP contribution in [0, 0.1) is 18.6 Å². The number of benzene rings is 2. The van der Waals surface area contributed by atoms with Gasteiger partial charge in [0, 0.05) is 16.8 Å². The molecule has 0 aliphatic heterocycles. The van der Waals surface area contributed by atoms with E-state index in [-0.39, 0.29) is 17.6 Å². The number of imidazole rings is 1. The van der Waals surface area contributed by atoms with Gasteiger partial charge in [0.1, 0.15) is 11.6 Å². The number of rotatable bonds is 3. The quantitative estimate of drug-likeness (QED) is 0.546. The van der Waals surface area contributed by atoms with Gasteiger partial charge in [-0.15, -0.1) is 0 Å². The highest BCUT2D eigenvalue weighted by molar-refractivity contribution is 6.30. The Morgan fingerprint density at radius 2 is 1.78 bits per heavy atom. The molecule has 0 radical (unpaired) electrons. The fourth-order valence-corrected chi connectivity index (χ4v) is 2.86. The Labute approximate surface area is 157 Å². The smallest absolute Gasteiger partial charge is 0.239 e. The second-order valence-corrected chi connectivity index (χ2v) is 6.27. The number of anilines is 3. The average molecular weight is 387 g/mol.